The summed E-state index contributed by atoms with van der Waals surface area (Å²) < 4.78 is 20.0. The van der Waals surface area contributed by atoms with Crippen molar-refractivity contribution < 1.29 is 9.13 Å². The molecule has 21 heavy (non-hydrogen) atoms. The smallest absolute Gasteiger partial charge is 0.127 e. The van der Waals surface area contributed by atoms with E-state index in [1.165, 1.54) is 6.42 Å². The minimum absolute atomic E-state index is 0.0262. The third-order valence-electron chi connectivity index (χ3n) is 5.15. The van der Waals surface area contributed by atoms with Crippen molar-refractivity contribution in [1.29, 1.82) is 0 Å². The van der Waals surface area contributed by atoms with Crippen LogP contribution in [0.5, 0.6) is 0 Å². The summed E-state index contributed by atoms with van der Waals surface area (Å²) >= 11 is 0. The molecule has 1 aromatic carbocycles. The maximum Gasteiger partial charge on any atom is 0.127 e. The fraction of sp³-hybridized carbons (Fsp3) is 0.667. The van der Waals surface area contributed by atoms with E-state index in [9.17, 15) is 4.39 Å². The van der Waals surface area contributed by atoms with E-state index in [0.717, 1.165) is 38.1 Å². The fourth-order valence-corrected chi connectivity index (χ4v) is 3.79. The van der Waals surface area contributed by atoms with Crippen LogP contribution in [0, 0.1) is 17.7 Å². The van der Waals surface area contributed by atoms with E-state index in [2.05, 4.69) is 18.7 Å². The maximum absolute atomic E-state index is 13.8. The third kappa shape index (κ3) is 3.29. The number of halogens is 1. The van der Waals surface area contributed by atoms with Gasteiger partial charge in [0.15, 0.2) is 0 Å². The molecule has 0 saturated carbocycles. The van der Waals surface area contributed by atoms with E-state index in [4.69, 9.17) is 4.74 Å². The first kappa shape index (κ1) is 15.0. The van der Waals surface area contributed by atoms with Crippen molar-refractivity contribution in [2.24, 2.45) is 11.8 Å². The third-order valence-corrected chi connectivity index (χ3v) is 5.15. The molecule has 2 atom stereocenters. The lowest BCUT2D eigenvalue weighted by molar-refractivity contribution is -0.0538. The second-order valence-electron chi connectivity index (χ2n) is 7.11. The highest BCUT2D eigenvalue weighted by molar-refractivity contribution is 5.17. The first-order chi connectivity index (χ1) is 10.1. The summed E-state index contributed by atoms with van der Waals surface area (Å²) in [5.74, 6) is 1.27. The zero-order chi connectivity index (χ0) is 14.9. The zero-order valence-corrected chi connectivity index (χ0v) is 13.1. The van der Waals surface area contributed by atoms with Gasteiger partial charge in [0, 0.05) is 18.7 Å². The molecule has 0 amide bonds. The van der Waals surface area contributed by atoms with Crippen LogP contribution in [-0.2, 0) is 11.3 Å². The minimum atomic E-state index is -0.0930. The predicted molar refractivity (Wildman–Crippen MR) is 82.5 cm³/mol. The molecule has 2 unspecified atom stereocenters. The van der Waals surface area contributed by atoms with Crippen LogP contribution < -0.4 is 0 Å². The number of rotatable bonds is 3. The molecule has 2 nitrogen and oxygen atoms in total. The SMILES string of the molecule is CC(C)C1COC2(CCCN(Cc3ccccc3F)C2)C1. The second-order valence-corrected chi connectivity index (χ2v) is 7.11. The summed E-state index contributed by atoms with van der Waals surface area (Å²) in [6.07, 6.45) is 3.47. The van der Waals surface area contributed by atoms with Gasteiger partial charge < -0.3 is 4.74 Å². The summed E-state index contributed by atoms with van der Waals surface area (Å²) in [6, 6.07) is 7.11. The summed E-state index contributed by atoms with van der Waals surface area (Å²) in [7, 11) is 0. The molecule has 0 N–H and O–H groups in total. The van der Waals surface area contributed by atoms with Gasteiger partial charge in [0.25, 0.3) is 0 Å². The Bertz CT molecular complexity index is 490. The Balaban J connectivity index is 1.65. The Morgan fingerprint density at radius 3 is 2.90 bits per heavy atom. The summed E-state index contributed by atoms with van der Waals surface area (Å²) in [5, 5.41) is 0. The highest BCUT2D eigenvalue weighted by atomic mass is 19.1. The number of benzene rings is 1. The lowest BCUT2D eigenvalue weighted by Gasteiger charge is -2.40. The molecule has 2 saturated heterocycles. The quantitative estimate of drug-likeness (QED) is 0.838. The van der Waals surface area contributed by atoms with Crippen LogP contribution in [0.3, 0.4) is 0 Å². The number of nitrogens with zero attached hydrogens (tertiary/aromatic N) is 1. The fourth-order valence-electron chi connectivity index (χ4n) is 3.79. The van der Waals surface area contributed by atoms with Crippen molar-refractivity contribution in [2.45, 2.75) is 45.3 Å². The molecular weight excluding hydrogens is 265 g/mol. The van der Waals surface area contributed by atoms with Crippen LogP contribution in [0.4, 0.5) is 4.39 Å². The summed E-state index contributed by atoms with van der Waals surface area (Å²) in [4.78, 5) is 2.37. The predicted octanol–water partition coefficient (Wildman–Crippen LogP) is 3.85. The zero-order valence-electron chi connectivity index (χ0n) is 13.1. The monoisotopic (exact) mass is 291 g/mol. The Kier molecular flexibility index (Phi) is 4.32. The van der Waals surface area contributed by atoms with E-state index in [0.29, 0.717) is 18.4 Å². The average molecular weight is 291 g/mol. The van der Waals surface area contributed by atoms with E-state index < -0.39 is 0 Å². The molecule has 0 radical (unpaired) electrons. The molecule has 1 spiro atoms. The molecule has 3 rings (SSSR count). The van der Waals surface area contributed by atoms with Crippen molar-refractivity contribution in [3.63, 3.8) is 0 Å². The van der Waals surface area contributed by atoms with Gasteiger partial charge in [-0.25, -0.2) is 4.39 Å². The van der Waals surface area contributed by atoms with Gasteiger partial charge >= 0.3 is 0 Å². The van der Waals surface area contributed by atoms with Gasteiger partial charge in [-0.1, -0.05) is 32.0 Å². The number of piperidine rings is 1. The minimum Gasteiger partial charge on any atom is -0.373 e. The van der Waals surface area contributed by atoms with Crippen molar-refractivity contribution in [3.8, 4) is 0 Å². The van der Waals surface area contributed by atoms with Crippen LogP contribution in [0.2, 0.25) is 0 Å². The van der Waals surface area contributed by atoms with Crippen LogP contribution in [-0.4, -0.2) is 30.2 Å². The summed E-state index contributed by atoms with van der Waals surface area (Å²) in [6.45, 7) is 8.16. The van der Waals surface area contributed by atoms with Gasteiger partial charge in [0.2, 0.25) is 0 Å². The van der Waals surface area contributed by atoms with Crippen LogP contribution in [0.15, 0.2) is 24.3 Å². The maximum atomic E-state index is 13.8. The molecule has 0 aliphatic carbocycles. The summed E-state index contributed by atoms with van der Waals surface area (Å²) in [5.41, 5.74) is 0.825. The molecular formula is C18H26FNO. The molecule has 0 bridgehead atoms. The Hall–Kier alpha value is -0.930. The lowest BCUT2D eigenvalue weighted by atomic mass is 9.83. The number of hydrogen-bond donors (Lipinski definition) is 0. The Morgan fingerprint density at radius 1 is 1.38 bits per heavy atom. The molecule has 1 aromatic rings. The van der Waals surface area contributed by atoms with Crippen LogP contribution in [0.1, 0.15) is 38.7 Å². The first-order valence-corrected chi connectivity index (χ1v) is 8.18. The highest BCUT2D eigenvalue weighted by Crippen LogP contribution is 2.40. The Labute approximate surface area is 127 Å². The highest BCUT2D eigenvalue weighted by Gasteiger charge is 2.43. The molecule has 0 aromatic heterocycles. The van der Waals surface area contributed by atoms with E-state index in [1.807, 2.05) is 12.1 Å². The van der Waals surface area contributed by atoms with Crippen molar-refractivity contribution >= 4 is 0 Å². The number of likely N-dealkylation sites (tertiary alicyclic amines) is 1. The second kappa shape index (κ2) is 6.05. The standard InChI is InChI=1S/C18H26FNO/c1-14(2)16-10-18(21-12-16)8-5-9-20(13-18)11-15-6-3-4-7-17(15)19/h3-4,6-7,14,16H,5,8-13H2,1-2H3. The largest absolute Gasteiger partial charge is 0.373 e. The van der Waals surface area contributed by atoms with Crippen molar-refractivity contribution in [3.05, 3.63) is 35.6 Å². The van der Waals surface area contributed by atoms with Gasteiger partial charge in [-0.05, 0) is 43.7 Å². The molecule has 2 aliphatic heterocycles. The van der Waals surface area contributed by atoms with E-state index >= 15 is 0 Å². The average Bonchev–Trinajstić information content (AvgIpc) is 2.85. The van der Waals surface area contributed by atoms with Gasteiger partial charge in [-0.15, -0.1) is 0 Å². The van der Waals surface area contributed by atoms with Crippen LogP contribution in [0.25, 0.3) is 0 Å². The molecule has 2 aliphatic rings. The normalized spacial score (nSPS) is 30.4. The van der Waals surface area contributed by atoms with Gasteiger partial charge in [0.05, 0.1) is 12.2 Å². The molecule has 3 heteroatoms. The van der Waals surface area contributed by atoms with Crippen molar-refractivity contribution in [2.75, 3.05) is 19.7 Å². The van der Waals surface area contributed by atoms with E-state index in [1.54, 1.807) is 12.1 Å². The molecule has 116 valence electrons. The van der Waals surface area contributed by atoms with Gasteiger partial charge in [-0.3, -0.25) is 4.90 Å². The molecule has 2 heterocycles. The molecule has 2 fully saturated rings. The number of ether oxygens (including phenoxy) is 1. The first-order valence-electron chi connectivity index (χ1n) is 8.18. The van der Waals surface area contributed by atoms with Gasteiger partial charge in [-0.2, -0.15) is 0 Å². The van der Waals surface area contributed by atoms with E-state index in [-0.39, 0.29) is 11.4 Å². The van der Waals surface area contributed by atoms with Gasteiger partial charge in [0.1, 0.15) is 5.82 Å². The topological polar surface area (TPSA) is 12.5 Å². The van der Waals surface area contributed by atoms with Crippen LogP contribution >= 0.6 is 0 Å². The van der Waals surface area contributed by atoms with Crippen molar-refractivity contribution in [1.82, 2.24) is 4.90 Å². The number of hydrogen-bond acceptors (Lipinski definition) is 2. The lowest BCUT2D eigenvalue weighted by Crippen LogP contribution is -2.47. The Morgan fingerprint density at radius 2 is 2.19 bits per heavy atom.